The molecule has 1 aromatic rings. The summed E-state index contributed by atoms with van der Waals surface area (Å²) in [5.74, 6) is 0.456. The third-order valence-corrected chi connectivity index (χ3v) is 2.82. The molecule has 1 atom stereocenters. The van der Waals surface area contributed by atoms with E-state index in [0.29, 0.717) is 11.7 Å². The number of hydrogen-bond donors (Lipinski definition) is 1. The van der Waals surface area contributed by atoms with Gasteiger partial charge in [-0.3, -0.25) is 0 Å². The van der Waals surface area contributed by atoms with Gasteiger partial charge in [0, 0.05) is 6.04 Å². The van der Waals surface area contributed by atoms with Crippen LogP contribution in [0.1, 0.15) is 38.8 Å². The summed E-state index contributed by atoms with van der Waals surface area (Å²) >= 11 is 0. The molecule has 96 valence electrons. The zero-order chi connectivity index (χ0) is 12.8. The molecule has 0 spiro atoms. The molecule has 0 aromatic heterocycles. The van der Waals surface area contributed by atoms with Gasteiger partial charge < -0.3 is 10.1 Å². The van der Waals surface area contributed by atoms with E-state index in [0.717, 1.165) is 18.5 Å². The van der Waals surface area contributed by atoms with Crippen molar-refractivity contribution in [2.24, 2.45) is 5.92 Å². The number of hydrogen-bond acceptors (Lipinski definition) is 2. The van der Waals surface area contributed by atoms with Gasteiger partial charge in [0.15, 0.2) is 11.6 Å². The first-order chi connectivity index (χ1) is 8.10. The second-order valence-electron chi connectivity index (χ2n) is 4.57. The Balaban J connectivity index is 2.93. The highest BCUT2D eigenvalue weighted by molar-refractivity contribution is 5.32. The lowest BCUT2D eigenvalue weighted by Gasteiger charge is -2.23. The van der Waals surface area contributed by atoms with Gasteiger partial charge in [0.1, 0.15) is 0 Å². The maximum absolute atomic E-state index is 13.3. The van der Waals surface area contributed by atoms with Gasteiger partial charge in [-0.1, -0.05) is 26.8 Å². The van der Waals surface area contributed by atoms with Crippen LogP contribution < -0.4 is 10.1 Å². The van der Waals surface area contributed by atoms with Crippen molar-refractivity contribution in [1.82, 2.24) is 5.32 Å². The molecule has 2 nitrogen and oxygen atoms in total. The topological polar surface area (TPSA) is 21.3 Å². The Morgan fingerprint density at radius 3 is 2.59 bits per heavy atom. The molecule has 0 saturated heterocycles. The number of nitrogens with one attached hydrogen (secondary N) is 1. The molecule has 0 heterocycles. The third kappa shape index (κ3) is 3.70. The first kappa shape index (κ1) is 14.0. The first-order valence-corrected chi connectivity index (χ1v) is 6.17. The zero-order valence-electron chi connectivity index (χ0n) is 11.1. The third-order valence-electron chi connectivity index (χ3n) is 2.82. The molecular weight excluding hydrogens is 217 g/mol. The Hall–Kier alpha value is -1.09. The van der Waals surface area contributed by atoms with Crippen LogP contribution in [-0.2, 0) is 0 Å². The van der Waals surface area contributed by atoms with E-state index < -0.39 is 0 Å². The summed E-state index contributed by atoms with van der Waals surface area (Å²) in [6.07, 6.45) is 1.08. The normalized spacial score (nSPS) is 12.8. The molecular formula is C14H22FNO. The molecule has 0 amide bonds. The van der Waals surface area contributed by atoms with Crippen LogP contribution in [0.2, 0.25) is 0 Å². The average Bonchev–Trinajstić information content (AvgIpc) is 2.31. The number of methoxy groups -OCH3 is 1. The van der Waals surface area contributed by atoms with Crippen LogP contribution in [0, 0.1) is 11.7 Å². The molecule has 0 radical (unpaired) electrons. The van der Waals surface area contributed by atoms with Crippen molar-refractivity contribution in [3.05, 3.63) is 29.6 Å². The fourth-order valence-electron chi connectivity index (χ4n) is 1.91. The van der Waals surface area contributed by atoms with E-state index >= 15 is 0 Å². The van der Waals surface area contributed by atoms with E-state index in [1.165, 1.54) is 13.2 Å². The van der Waals surface area contributed by atoms with Crippen molar-refractivity contribution < 1.29 is 9.13 Å². The molecule has 1 aromatic carbocycles. The molecule has 1 unspecified atom stereocenters. The predicted molar refractivity (Wildman–Crippen MR) is 68.8 cm³/mol. The molecule has 0 fully saturated rings. The van der Waals surface area contributed by atoms with Crippen LogP contribution in [0.4, 0.5) is 4.39 Å². The van der Waals surface area contributed by atoms with E-state index in [1.54, 1.807) is 6.07 Å². The molecule has 0 saturated carbocycles. The van der Waals surface area contributed by atoms with Gasteiger partial charge in [-0.25, -0.2) is 4.39 Å². The minimum atomic E-state index is -0.311. The van der Waals surface area contributed by atoms with Crippen LogP contribution in [0.15, 0.2) is 18.2 Å². The second kappa shape index (κ2) is 6.60. The van der Waals surface area contributed by atoms with Crippen molar-refractivity contribution in [3.8, 4) is 5.75 Å². The van der Waals surface area contributed by atoms with Gasteiger partial charge in [0.2, 0.25) is 0 Å². The lowest BCUT2D eigenvalue weighted by atomic mass is 9.95. The van der Waals surface area contributed by atoms with E-state index in [2.05, 4.69) is 26.1 Å². The maximum atomic E-state index is 13.3. The van der Waals surface area contributed by atoms with Crippen molar-refractivity contribution in [1.29, 1.82) is 0 Å². The summed E-state index contributed by atoms with van der Waals surface area (Å²) < 4.78 is 18.4. The summed E-state index contributed by atoms with van der Waals surface area (Å²) in [6.45, 7) is 7.41. The zero-order valence-corrected chi connectivity index (χ0v) is 11.1. The lowest BCUT2D eigenvalue weighted by Crippen LogP contribution is -2.26. The molecule has 0 aliphatic carbocycles. The SMILES string of the molecule is CCCNC(c1ccc(F)c(OC)c1)C(C)C. The number of benzene rings is 1. The van der Waals surface area contributed by atoms with Crippen LogP contribution in [0.3, 0.4) is 0 Å². The summed E-state index contributed by atoms with van der Waals surface area (Å²) in [5.41, 5.74) is 1.08. The predicted octanol–water partition coefficient (Wildman–Crippen LogP) is 3.53. The van der Waals surface area contributed by atoms with Crippen molar-refractivity contribution in [3.63, 3.8) is 0 Å². The lowest BCUT2D eigenvalue weighted by molar-refractivity contribution is 0.379. The Morgan fingerprint density at radius 1 is 1.35 bits per heavy atom. The van der Waals surface area contributed by atoms with Gasteiger partial charge in [-0.2, -0.15) is 0 Å². The van der Waals surface area contributed by atoms with Crippen molar-refractivity contribution in [2.75, 3.05) is 13.7 Å². The molecule has 0 aliphatic rings. The maximum Gasteiger partial charge on any atom is 0.165 e. The van der Waals surface area contributed by atoms with Crippen LogP contribution in [0.25, 0.3) is 0 Å². The standard InChI is InChI=1S/C14H22FNO/c1-5-8-16-14(10(2)3)11-6-7-12(15)13(9-11)17-4/h6-7,9-10,14,16H,5,8H2,1-4H3. The minimum Gasteiger partial charge on any atom is -0.494 e. The van der Waals surface area contributed by atoms with E-state index in [-0.39, 0.29) is 11.9 Å². The van der Waals surface area contributed by atoms with Crippen LogP contribution >= 0.6 is 0 Å². The first-order valence-electron chi connectivity index (χ1n) is 6.17. The number of ether oxygens (including phenoxy) is 1. The van der Waals surface area contributed by atoms with Gasteiger partial charge in [-0.15, -0.1) is 0 Å². The van der Waals surface area contributed by atoms with E-state index in [4.69, 9.17) is 4.74 Å². The largest absolute Gasteiger partial charge is 0.494 e. The van der Waals surface area contributed by atoms with Gasteiger partial charge >= 0.3 is 0 Å². The summed E-state index contributed by atoms with van der Waals surface area (Å²) in [4.78, 5) is 0. The fraction of sp³-hybridized carbons (Fsp3) is 0.571. The fourth-order valence-corrected chi connectivity index (χ4v) is 1.91. The van der Waals surface area contributed by atoms with Crippen LogP contribution in [-0.4, -0.2) is 13.7 Å². The second-order valence-corrected chi connectivity index (χ2v) is 4.57. The molecule has 1 rings (SSSR count). The summed E-state index contributed by atoms with van der Waals surface area (Å²) in [7, 11) is 1.49. The highest BCUT2D eigenvalue weighted by Gasteiger charge is 2.16. The Bertz CT molecular complexity index is 352. The van der Waals surface area contributed by atoms with E-state index in [9.17, 15) is 4.39 Å². The Kier molecular flexibility index (Phi) is 5.42. The van der Waals surface area contributed by atoms with Crippen molar-refractivity contribution in [2.45, 2.75) is 33.2 Å². The number of halogens is 1. The van der Waals surface area contributed by atoms with Crippen molar-refractivity contribution >= 4 is 0 Å². The molecule has 17 heavy (non-hydrogen) atoms. The van der Waals surface area contributed by atoms with Gasteiger partial charge in [0.05, 0.1) is 7.11 Å². The smallest absolute Gasteiger partial charge is 0.165 e. The highest BCUT2D eigenvalue weighted by atomic mass is 19.1. The molecule has 0 bridgehead atoms. The van der Waals surface area contributed by atoms with E-state index in [1.807, 2.05) is 6.07 Å². The molecule has 3 heteroatoms. The molecule has 0 aliphatic heterocycles. The summed E-state index contributed by atoms with van der Waals surface area (Å²) in [5, 5.41) is 3.48. The minimum absolute atomic E-state index is 0.240. The monoisotopic (exact) mass is 239 g/mol. The highest BCUT2D eigenvalue weighted by Crippen LogP contribution is 2.26. The number of rotatable bonds is 6. The molecule has 1 N–H and O–H groups in total. The Morgan fingerprint density at radius 2 is 2.06 bits per heavy atom. The van der Waals surface area contributed by atoms with Gasteiger partial charge in [-0.05, 0) is 36.6 Å². The van der Waals surface area contributed by atoms with Crippen LogP contribution in [0.5, 0.6) is 5.75 Å². The quantitative estimate of drug-likeness (QED) is 0.820. The van der Waals surface area contributed by atoms with Gasteiger partial charge in [0.25, 0.3) is 0 Å². The summed E-state index contributed by atoms with van der Waals surface area (Å²) in [6, 6.07) is 5.31. The Labute approximate surface area is 103 Å². The average molecular weight is 239 g/mol.